The van der Waals surface area contributed by atoms with Crippen molar-refractivity contribution in [2.75, 3.05) is 11.9 Å². The number of ether oxygens (including phenoxy) is 1. The standard InChI is InChI=1S/C16H13NO3/c1-17-14-5-3-2-4-13(14)15(20-16(17)19)10-11-6-8-12(18)9-7-11/h2-10,18H,1H3/b15-10-. The van der Waals surface area contributed by atoms with Crippen LogP contribution in [0.15, 0.2) is 48.5 Å². The second-order valence-corrected chi connectivity index (χ2v) is 4.54. The van der Waals surface area contributed by atoms with Crippen LogP contribution in [0.5, 0.6) is 5.75 Å². The molecule has 4 heteroatoms. The summed E-state index contributed by atoms with van der Waals surface area (Å²) >= 11 is 0. The highest BCUT2D eigenvalue weighted by molar-refractivity contribution is 6.01. The molecule has 0 spiro atoms. The molecule has 0 saturated heterocycles. The van der Waals surface area contributed by atoms with Gasteiger partial charge in [-0.15, -0.1) is 0 Å². The molecule has 0 fully saturated rings. The van der Waals surface area contributed by atoms with E-state index in [0.29, 0.717) is 5.76 Å². The minimum absolute atomic E-state index is 0.202. The summed E-state index contributed by atoms with van der Waals surface area (Å²) in [6.07, 6.45) is 1.37. The average molecular weight is 267 g/mol. The normalized spacial score (nSPS) is 15.9. The van der Waals surface area contributed by atoms with Gasteiger partial charge in [-0.05, 0) is 35.9 Å². The highest BCUT2D eigenvalue weighted by Gasteiger charge is 2.25. The highest BCUT2D eigenvalue weighted by Crippen LogP contribution is 2.34. The predicted molar refractivity (Wildman–Crippen MR) is 77.3 cm³/mol. The summed E-state index contributed by atoms with van der Waals surface area (Å²) in [7, 11) is 1.68. The number of fused-ring (bicyclic) bond motifs is 1. The first-order valence-electron chi connectivity index (χ1n) is 6.21. The van der Waals surface area contributed by atoms with Gasteiger partial charge in [0.05, 0.1) is 5.69 Å². The zero-order valence-corrected chi connectivity index (χ0v) is 10.9. The van der Waals surface area contributed by atoms with E-state index >= 15 is 0 Å². The van der Waals surface area contributed by atoms with E-state index in [9.17, 15) is 9.90 Å². The second kappa shape index (κ2) is 4.74. The maximum atomic E-state index is 11.8. The van der Waals surface area contributed by atoms with Crippen LogP contribution in [0.4, 0.5) is 10.5 Å². The van der Waals surface area contributed by atoms with Crippen molar-refractivity contribution in [3.05, 3.63) is 59.7 Å². The molecule has 1 aliphatic heterocycles. The van der Waals surface area contributed by atoms with Crippen LogP contribution < -0.4 is 4.90 Å². The van der Waals surface area contributed by atoms with E-state index in [1.54, 1.807) is 37.4 Å². The van der Waals surface area contributed by atoms with Gasteiger partial charge in [-0.2, -0.15) is 0 Å². The average Bonchev–Trinajstić information content (AvgIpc) is 2.47. The fourth-order valence-corrected chi connectivity index (χ4v) is 2.12. The van der Waals surface area contributed by atoms with Gasteiger partial charge in [0.2, 0.25) is 0 Å². The molecule has 0 bridgehead atoms. The Labute approximate surface area is 116 Å². The summed E-state index contributed by atoms with van der Waals surface area (Å²) < 4.78 is 5.34. The SMILES string of the molecule is CN1C(=O)O/C(=C\c2ccc(O)cc2)c2ccccc21. The molecule has 4 nitrogen and oxygen atoms in total. The van der Waals surface area contributed by atoms with Gasteiger partial charge in [-0.25, -0.2) is 4.79 Å². The van der Waals surface area contributed by atoms with Gasteiger partial charge in [0.15, 0.2) is 0 Å². The summed E-state index contributed by atoms with van der Waals surface area (Å²) in [5.41, 5.74) is 2.53. The molecular weight excluding hydrogens is 254 g/mol. The maximum Gasteiger partial charge on any atom is 0.419 e. The molecule has 0 aliphatic carbocycles. The number of phenolic OH excluding ortho intramolecular Hbond substituents is 1. The number of phenols is 1. The van der Waals surface area contributed by atoms with Crippen LogP contribution in [0.2, 0.25) is 0 Å². The van der Waals surface area contributed by atoms with E-state index in [1.165, 1.54) is 4.90 Å². The summed E-state index contributed by atoms with van der Waals surface area (Å²) in [6.45, 7) is 0. The number of anilines is 1. The fourth-order valence-electron chi connectivity index (χ4n) is 2.12. The zero-order valence-electron chi connectivity index (χ0n) is 10.9. The predicted octanol–water partition coefficient (Wildman–Crippen LogP) is 3.48. The Morgan fingerprint density at radius 2 is 1.80 bits per heavy atom. The third kappa shape index (κ3) is 2.12. The molecule has 0 aromatic heterocycles. The number of cyclic esters (lactones) is 1. The number of benzene rings is 2. The molecule has 1 N–H and O–H groups in total. The highest BCUT2D eigenvalue weighted by atomic mass is 16.6. The molecule has 1 amide bonds. The van der Waals surface area contributed by atoms with Crippen LogP contribution in [0.1, 0.15) is 11.1 Å². The van der Waals surface area contributed by atoms with Crippen molar-refractivity contribution in [2.24, 2.45) is 0 Å². The van der Waals surface area contributed by atoms with E-state index in [4.69, 9.17) is 4.74 Å². The monoisotopic (exact) mass is 267 g/mol. The van der Waals surface area contributed by atoms with Crippen molar-refractivity contribution >= 4 is 23.6 Å². The van der Waals surface area contributed by atoms with E-state index in [2.05, 4.69) is 0 Å². The van der Waals surface area contributed by atoms with Crippen molar-refractivity contribution in [1.82, 2.24) is 0 Å². The molecule has 20 heavy (non-hydrogen) atoms. The van der Waals surface area contributed by atoms with Gasteiger partial charge >= 0.3 is 6.09 Å². The number of nitrogens with zero attached hydrogens (tertiary/aromatic N) is 1. The number of amides is 1. The summed E-state index contributed by atoms with van der Waals surface area (Å²) in [4.78, 5) is 13.3. The molecule has 1 heterocycles. The van der Waals surface area contributed by atoms with E-state index in [0.717, 1.165) is 16.8 Å². The van der Waals surface area contributed by atoms with E-state index < -0.39 is 6.09 Å². The second-order valence-electron chi connectivity index (χ2n) is 4.54. The van der Waals surface area contributed by atoms with Crippen LogP contribution in [0.25, 0.3) is 11.8 Å². The van der Waals surface area contributed by atoms with Crippen LogP contribution in [-0.4, -0.2) is 18.2 Å². The van der Waals surface area contributed by atoms with Gasteiger partial charge in [0.25, 0.3) is 0 Å². The van der Waals surface area contributed by atoms with Gasteiger partial charge < -0.3 is 9.84 Å². The van der Waals surface area contributed by atoms with Crippen LogP contribution >= 0.6 is 0 Å². The lowest BCUT2D eigenvalue weighted by Gasteiger charge is -2.26. The zero-order chi connectivity index (χ0) is 14.1. The molecule has 0 atom stereocenters. The molecule has 0 radical (unpaired) electrons. The number of hydrogen-bond acceptors (Lipinski definition) is 3. The molecule has 100 valence electrons. The van der Waals surface area contributed by atoms with Gasteiger partial charge in [-0.3, -0.25) is 4.90 Å². The molecule has 3 rings (SSSR count). The number of hydrogen-bond donors (Lipinski definition) is 1. The smallest absolute Gasteiger partial charge is 0.419 e. The minimum atomic E-state index is -0.409. The van der Waals surface area contributed by atoms with Crippen LogP contribution in [0, 0.1) is 0 Å². The Bertz CT molecular complexity index is 689. The first-order valence-corrected chi connectivity index (χ1v) is 6.21. The maximum absolute atomic E-state index is 11.8. The van der Waals surface area contributed by atoms with Crippen molar-refractivity contribution in [1.29, 1.82) is 0 Å². The van der Waals surface area contributed by atoms with Crippen molar-refractivity contribution in [3.63, 3.8) is 0 Å². The lowest BCUT2D eigenvalue weighted by atomic mass is 10.1. The molecule has 1 aliphatic rings. The summed E-state index contributed by atoms with van der Waals surface area (Å²) in [5.74, 6) is 0.710. The van der Waals surface area contributed by atoms with E-state index in [1.807, 2.05) is 24.3 Å². The van der Waals surface area contributed by atoms with E-state index in [-0.39, 0.29) is 5.75 Å². The Morgan fingerprint density at radius 3 is 2.55 bits per heavy atom. The molecular formula is C16H13NO3. The molecule has 2 aromatic rings. The third-order valence-electron chi connectivity index (χ3n) is 3.19. The number of carbonyl (C=O) groups is 1. The quantitative estimate of drug-likeness (QED) is 0.860. The van der Waals surface area contributed by atoms with Gasteiger partial charge in [0, 0.05) is 12.6 Å². The molecule has 0 unspecified atom stereocenters. The topological polar surface area (TPSA) is 49.8 Å². The first kappa shape index (κ1) is 12.3. The summed E-state index contributed by atoms with van der Waals surface area (Å²) in [5, 5.41) is 9.28. The number of aromatic hydroxyl groups is 1. The first-order chi connectivity index (χ1) is 9.65. The molecule has 0 saturated carbocycles. The lowest BCUT2D eigenvalue weighted by molar-refractivity contribution is 0.199. The van der Waals surface area contributed by atoms with Crippen molar-refractivity contribution in [2.45, 2.75) is 0 Å². The molecule has 2 aromatic carbocycles. The van der Waals surface area contributed by atoms with Gasteiger partial charge in [-0.1, -0.05) is 24.3 Å². The van der Waals surface area contributed by atoms with Crippen LogP contribution in [-0.2, 0) is 4.74 Å². The number of carbonyl (C=O) groups excluding carboxylic acids is 1. The fraction of sp³-hybridized carbons (Fsp3) is 0.0625. The largest absolute Gasteiger partial charge is 0.508 e. The minimum Gasteiger partial charge on any atom is -0.508 e. The van der Waals surface area contributed by atoms with Crippen LogP contribution in [0.3, 0.4) is 0 Å². The van der Waals surface area contributed by atoms with Crippen molar-refractivity contribution in [3.8, 4) is 5.75 Å². The number of rotatable bonds is 1. The summed E-state index contributed by atoms with van der Waals surface area (Å²) in [6, 6.07) is 14.3. The Balaban J connectivity index is 2.08. The number of para-hydroxylation sites is 1. The lowest BCUT2D eigenvalue weighted by Crippen LogP contribution is -2.31. The third-order valence-corrected chi connectivity index (χ3v) is 3.19. The Kier molecular flexibility index (Phi) is 2.91. The van der Waals surface area contributed by atoms with Crippen molar-refractivity contribution < 1.29 is 14.6 Å². The Morgan fingerprint density at radius 1 is 1.10 bits per heavy atom. The van der Waals surface area contributed by atoms with Gasteiger partial charge in [0.1, 0.15) is 11.5 Å². The Hall–Kier alpha value is -2.75.